The monoisotopic (exact) mass is 473 g/mol. The van der Waals surface area contributed by atoms with E-state index in [-0.39, 0.29) is 25.5 Å². The molecule has 0 spiro atoms. The number of hydrogen-bond acceptors (Lipinski definition) is 7. The summed E-state index contributed by atoms with van der Waals surface area (Å²) >= 11 is 0. The third-order valence-electron chi connectivity index (χ3n) is 6.02. The van der Waals surface area contributed by atoms with Crippen LogP contribution in [0.2, 0.25) is 0 Å². The Labute approximate surface area is 200 Å². The quantitative estimate of drug-likeness (QED) is 0.624. The normalized spacial score (nSPS) is 24.7. The molecular formula is C25H35N3O6. The van der Waals surface area contributed by atoms with Gasteiger partial charge in [-0.05, 0) is 43.2 Å². The molecule has 1 fully saturated rings. The van der Waals surface area contributed by atoms with Crippen molar-refractivity contribution in [3.63, 3.8) is 0 Å². The van der Waals surface area contributed by atoms with E-state index in [2.05, 4.69) is 16.4 Å². The molecule has 2 aliphatic heterocycles. The van der Waals surface area contributed by atoms with Crippen LogP contribution in [0.1, 0.15) is 58.4 Å². The lowest BCUT2D eigenvalue weighted by Gasteiger charge is -2.34. The van der Waals surface area contributed by atoms with Gasteiger partial charge in [0, 0.05) is 18.2 Å². The number of carbonyl (C=O) groups excluding carboxylic acids is 3. The minimum absolute atomic E-state index is 0.168. The summed E-state index contributed by atoms with van der Waals surface area (Å²) in [5.74, 6) is -0.452. The molecule has 1 aromatic rings. The van der Waals surface area contributed by atoms with Gasteiger partial charge in [-0.2, -0.15) is 0 Å². The van der Waals surface area contributed by atoms with E-state index in [1.54, 1.807) is 6.20 Å². The van der Waals surface area contributed by atoms with Gasteiger partial charge in [0.2, 0.25) is 11.8 Å². The second-order valence-corrected chi connectivity index (χ2v) is 9.73. The van der Waals surface area contributed by atoms with Crippen LogP contribution in [0, 0.1) is 5.41 Å². The first-order valence-corrected chi connectivity index (χ1v) is 11.8. The Morgan fingerprint density at radius 3 is 2.76 bits per heavy atom. The van der Waals surface area contributed by atoms with Crippen LogP contribution in [-0.4, -0.2) is 66.3 Å². The third kappa shape index (κ3) is 6.48. The van der Waals surface area contributed by atoms with Crippen molar-refractivity contribution in [1.82, 2.24) is 15.2 Å². The Morgan fingerprint density at radius 2 is 2.03 bits per heavy atom. The molecule has 0 aliphatic carbocycles. The van der Waals surface area contributed by atoms with Gasteiger partial charge in [0.1, 0.15) is 18.2 Å². The van der Waals surface area contributed by atoms with Crippen LogP contribution in [0.4, 0.5) is 4.79 Å². The largest absolute Gasteiger partial charge is 0.472 e. The van der Waals surface area contributed by atoms with E-state index in [4.69, 9.17) is 14.2 Å². The standard InChI is InChI=1S/C25H35N3O6/c1-25(2,3)20-22(29)28-16-18(15-19(28)23(30)32-4)34-21-17(12-10-13-26-21)11-8-6-5-7-9-14-33-24(31)27-20/h8,10-13,18-20H,5-7,9,14-16H2,1-4H3,(H,27,31)/t18-,19-,20+/m0/s1. The van der Waals surface area contributed by atoms with E-state index in [0.717, 1.165) is 31.2 Å². The molecular weight excluding hydrogens is 438 g/mol. The van der Waals surface area contributed by atoms with E-state index in [9.17, 15) is 14.4 Å². The average Bonchev–Trinajstić information content (AvgIpc) is 3.21. The fraction of sp³-hybridized carbons (Fsp3) is 0.600. The van der Waals surface area contributed by atoms with Crippen molar-refractivity contribution in [3.05, 3.63) is 30.0 Å². The second-order valence-electron chi connectivity index (χ2n) is 9.73. The van der Waals surface area contributed by atoms with Crippen molar-refractivity contribution < 1.29 is 28.6 Å². The molecule has 9 heteroatoms. The van der Waals surface area contributed by atoms with Crippen molar-refractivity contribution in [2.24, 2.45) is 5.41 Å². The zero-order valence-electron chi connectivity index (χ0n) is 20.4. The smallest absolute Gasteiger partial charge is 0.407 e. The first kappa shape index (κ1) is 25.5. The van der Waals surface area contributed by atoms with Gasteiger partial charge in [-0.15, -0.1) is 0 Å². The highest BCUT2D eigenvalue weighted by atomic mass is 16.5. The zero-order valence-corrected chi connectivity index (χ0v) is 20.4. The van der Waals surface area contributed by atoms with Crippen LogP contribution in [0.3, 0.4) is 0 Å². The van der Waals surface area contributed by atoms with Gasteiger partial charge in [-0.3, -0.25) is 4.79 Å². The Bertz CT molecular complexity index is 910. The number of pyridine rings is 1. The first-order chi connectivity index (χ1) is 16.2. The van der Waals surface area contributed by atoms with Gasteiger partial charge >= 0.3 is 12.1 Å². The second kappa shape index (κ2) is 11.4. The number of allylic oxidation sites excluding steroid dienone is 1. The highest BCUT2D eigenvalue weighted by Crippen LogP contribution is 2.29. The molecule has 186 valence electrons. The molecule has 2 aliphatic rings. The lowest BCUT2D eigenvalue weighted by Crippen LogP contribution is -2.57. The van der Waals surface area contributed by atoms with Crippen molar-refractivity contribution in [2.75, 3.05) is 20.3 Å². The van der Waals surface area contributed by atoms with Crippen LogP contribution in [-0.2, 0) is 19.1 Å². The lowest BCUT2D eigenvalue weighted by molar-refractivity contribution is -0.152. The SMILES string of the molecule is COC(=O)[C@@H]1C[C@H]2CN1C(=O)[C@H](C(C)(C)C)NC(=O)OCCCCCC=Cc1cccnc1O2. The van der Waals surface area contributed by atoms with Crippen LogP contribution >= 0.6 is 0 Å². The summed E-state index contributed by atoms with van der Waals surface area (Å²) in [6.07, 6.45) is 8.33. The highest BCUT2D eigenvalue weighted by Gasteiger charge is 2.46. The molecule has 2 bridgehead atoms. The summed E-state index contributed by atoms with van der Waals surface area (Å²) < 4.78 is 16.5. The Morgan fingerprint density at radius 1 is 1.24 bits per heavy atom. The number of fused-ring (bicyclic) bond motifs is 3. The zero-order chi connectivity index (χ0) is 24.7. The Hall–Kier alpha value is -3.10. The van der Waals surface area contributed by atoms with E-state index in [1.165, 1.54) is 12.0 Å². The maximum absolute atomic E-state index is 13.6. The van der Waals surface area contributed by atoms with Gasteiger partial charge < -0.3 is 24.4 Å². The predicted octanol–water partition coefficient (Wildman–Crippen LogP) is 3.33. The molecule has 2 amide bonds. The number of amides is 2. The van der Waals surface area contributed by atoms with Crippen molar-refractivity contribution in [2.45, 2.75) is 71.1 Å². The van der Waals surface area contributed by atoms with Crippen LogP contribution in [0.5, 0.6) is 5.88 Å². The van der Waals surface area contributed by atoms with E-state index in [0.29, 0.717) is 5.88 Å². The Kier molecular flexibility index (Phi) is 8.52. The molecule has 1 N–H and O–H groups in total. The molecule has 9 nitrogen and oxygen atoms in total. The molecule has 1 saturated heterocycles. The predicted molar refractivity (Wildman–Crippen MR) is 126 cm³/mol. The van der Waals surface area contributed by atoms with Gasteiger partial charge in [-0.25, -0.2) is 14.6 Å². The molecule has 0 saturated carbocycles. The number of carbonyl (C=O) groups is 3. The number of hydrogen-bond donors (Lipinski definition) is 1. The third-order valence-corrected chi connectivity index (χ3v) is 6.02. The summed E-state index contributed by atoms with van der Waals surface area (Å²) in [4.78, 5) is 44.5. The van der Waals surface area contributed by atoms with E-state index in [1.807, 2.05) is 39.0 Å². The Balaban J connectivity index is 1.92. The van der Waals surface area contributed by atoms with Crippen LogP contribution in [0.25, 0.3) is 6.08 Å². The minimum Gasteiger partial charge on any atom is -0.472 e. The average molecular weight is 474 g/mol. The maximum atomic E-state index is 13.6. The number of alkyl carbamates (subject to hydrolysis) is 1. The topological polar surface area (TPSA) is 107 Å². The number of aromatic nitrogens is 1. The van der Waals surface area contributed by atoms with Crippen molar-refractivity contribution in [3.8, 4) is 5.88 Å². The van der Waals surface area contributed by atoms with E-state index < -0.39 is 35.7 Å². The van der Waals surface area contributed by atoms with Crippen LogP contribution < -0.4 is 10.1 Å². The first-order valence-electron chi connectivity index (χ1n) is 11.8. The fourth-order valence-electron chi connectivity index (χ4n) is 4.16. The molecule has 0 aromatic carbocycles. The summed E-state index contributed by atoms with van der Waals surface area (Å²) in [7, 11) is 1.29. The molecule has 3 rings (SSSR count). The van der Waals surface area contributed by atoms with E-state index >= 15 is 0 Å². The lowest BCUT2D eigenvalue weighted by atomic mass is 9.85. The number of nitrogens with one attached hydrogen (secondary N) is 1. The summed E-state index contributed by atoms with van der Waals surface area (Å²) in [5, 5.41) is 2.72. The van der Waals surface area contributed by atoms with Crippen molar-refractivity contribution >= 4 is 24.0 Å². The molecule has 0 radical (unpaired) electrons. The number of cyclic esters (lactones) is 1. The molecule has 34 heavy (non-hydrogen) atoms. The summed E-state index contributed by atoms with van der Waals surface area (Å²) in [5.41, 5.74) is 0.223. The van der Waals surface area contributed by atoms with Crippen LogP contribution in [0.15, 0.2) is 24.4 Å². The number of ether oxygens (including phenoxy) is 3. The number of esters is 1. The minimum atomic E-state index is -0.891. The summed E-state index contributed by atoms with van der Waals surface area (Å²) in [6, 6.07) is 2.05. The fourth-order valence-corrected chi connectivity index (χ4v) is 4.16. The van der Waals surface area contributed by atoms with Gasteiger partial charge in [0.05, 0.1) is 20.3 Å². The molecule has 3 atom stereocenters. The number of methoxy groups -OCH3 is 1. The maximum Gasteiger partial charge on any atom is 0.407 e. The molecule has 1 aromatic heterocycles. The summed E-state index contributed by atoms with van der Waals surface area (Å²) in [6.45, 7) is 6.00. The van der Waals surface area contributed by atoms with Gasteiger partial charge in [0.15, 0.2) is 0 Å². The molecule has 3 heterocycles. The van der Waals surface area contributed by atoms with Crippen molar-refractivity contribution in [1.29, 1.82) is 0 Å². The molecule has 0 unspecified atom stereocenters. The number of nitrogens with zero attached hydrogens (tertiary/aromatic N) is 2. The number of rotatable bonds is 1. The van der Waals surface area contributed by atoms with Gasteiger partial charge in [-0.1, -0.05) is 32.9 Å². The van der Waals surface area contributed by atoms with Gasteiger partial charge in [0.25, 0.3) is 0 Å². The highest BCUT2D eigenvalue weighted by molar-refractivity contribution is 5.91.